The zero-order valence-electron chi connectivity index (χ0n) is 14.8. The predicted molar refractivity (Wildman–Crippen MR) is 99.0 cm³/mol. The Balaban J connectivity index is 2.45. The van der Waals surface area contributed by atoms with Crippen molar-refractivity contribution in [2.45, 2.75) is 58.3 Å². The summed E-state index contributed by atoms with van der Waals surface area (Å²) in [5.41, 5.74) is 2.84. The van der Waals surface area contributed by atoms with Crippen LogP contribution in [0.2, 0.25) is 0 Å². The van der Waals surface area contributed by atoms with E-state index in [0.717, 1.165) is 56.7 Å². The Morgan fingerprint density at radius 1 is 1.12 bits per heavy atom. The first-order chi connectivity index (χ1) is 12.5. The van der Waals surface area contributed by atoms with Gasteiger partial charge in [-0.05, 0) is 32.3 Å². The summed E-state index contributed by atoms with van der Waals surface area (Å²) in [6.45, 7) is 1.83. The van der Waals surface area contributed by atoms with Gasteiger partial charge in [-0.1, -0.05) is 25.7 Å². The lowest BCUT2D eigenvalue weighted by Gasteiger charge is -2.05. The maximum absolute atomic E-state index is 11.1. The SMILES string of the molecule is CC(CCCCCCCCC#N)=NNc1ccc([N+](=O)[O-])cc1[N+](=O)[O-]. The number of nitro groups is 2. The molecule has 0 fully saturated rings. The molecule has 1 aromatic rings. The first-order valence-corrected chi connectivity index (χ1v) is 8.54. The van der Waals surface area contributed by atoms with Crippen LogP contribution in [0.3, 0.4) is 0 Å². The Morgan fingerprint density at radius 2 is 1.77 bits per heavy atom. The molecule has 0 saturated heterocycles. The second-order valence-corrected chi connectivity index (χ2v) is 5.95. The highest BCUT2D eigenvalue weighted by atomic mass is 16.6. The van der Waals surface area contributed by atoms with Crippen LogP contribution >= 0.6 is 0 Å². The van der Waals surface area contributed by atoms with Crippen molar-refractivity contribution in [3.63, 3.8) is 0 Å². The smallest absolute Gasteiger partial charge is 0.272 e. The lowest BCUT2D eigenvalue weighted by atomic mass is 10.1. The summed E-state index contributed by atoms with van der Waals surface area (Å²) in [7, 11) is 0. The molecule has 0 aliphatic rings. The van der Waals surface area contributed by atoms with Crippen LogP contribution in [0.4, 0.5) is 17.1 Å². The number of hydrogen-bond donors (Lipinski definition) is 1. The maximum atomic E-state index is 11.1. The van der Waals surface area contributed by atoms with Crippen molar-refractivity contribution in [3.8, 4) is 6.07 Å². The molecule has 9 heteroatoms. The van der Waals surface area contributed by atoms with Gasteiger partial charge in [0.05, 0.1) is 22.0 Å². The molecular formula is C17H23N5O4. The molecule has 1 rings (SSSR count). The van der Waals surface area contributed by atoms with Crippen LogP contribution in [-0.4, -0.2) is 15.6 Å². The molecule has 26 heavy (non-hydrogen) atoms. The molecule has 0 unspecified atom stereocenters. The fourth-order valence-corrected chi connectivity index (χ4v) is 2.38. The average Bonchev–Trinajstić information content (AvgIpc) is 2.61. The average molecular weight is 361 g/mol. The first kappa shape index (κ1) is 21.0. The third-order valence-electron chi connectivity index (χ3n) is 3.83. The van der Waals surface area contributed by atoms with Crippen molar-refractivity contribution in [1.29, 1.82) is 5.26 Å². The summed E-state index contributed by atoms with van der Waals surface area (Å²) in [6, 6.07) is 5.54. The molecule has 0 aromatic heterocycles. The van der Waals surface area contributed by atoms with Crippen molar-refractivity contribution in [1.82, 2.24) is 0 Å². The monoisotopic (exact) mass is 361 g/mol. The van der Waals surface area contributed by atoms with E-state index in [1.165, 1.54) is 12.1 Å². The number of nitriles is 1. The van der Waals surface area contributed by atoms with Crippen molar-refractivity contribution < 1.29 is 9.85 Å². The molecule has 140 valence electrons. The fourth-order valence-electron chi connectivity index (χ4n) is 2.38. The van der Waals surface area contributed by atoms with E-state index in [1.807, 2.05) is 6.92 Å². The van der Waals surface area contributed by atoms with Crippen LogP contribution in [0.25, 0.3) is 0 Å². The van der Waals surface area contributed by atoms with E-state index in [1.54, 1.807) is 0 Å². The third-order valence-corrected chi connectivity index (χ3v) is 3.83. The zero-order chi connectivity index (χ0) is 19.4. The molecule has 0 saturated carbocycles. The zero-order valence-corrected chi connectivity index (χ0v) is 14.8. The molecule has 0 radical (unpaired) electrons. The minimum atomic E-state index is -0.675. The number of nitrogens with zero attached hydrogens (tertiary/aromatic N) is 4. The molecule has 0 bridgehead atoms. The van der Waals surface area contributed by atoms with E-state index in [4.69, 9.17) is 5.26 Å². The van der Waals surface area contributed by atoms with Gasteiger partial charge in [0.1, 0.15) is 5.69 Å². The topological polar surface area (TPSA) is 134 Å². The van der Waals surface area contributed by atoms with E-state index < -0.39 is 9.85 Å². The third kappa shape index (κ3) is 7.70. The van der Waals surface area contributed by atoms with Gasteiger partial charge in [-0.2, -0.15) is 10.4 Å². The van der Waals surface area contributed by atoms with Gasteiger partial charge >= 0.3 is 5.69 Å². The van der Waals surface area contributed by atoms with Crippen molar-refractivity contribution in [2.75, 3.05) is 5.43 Å². The van der Waals surface area contributed by atoms with E-state index in [2.05, 4.69) is 16.6 Å². The number of hydrazone groups is 1. The van der Waals surface area contributed by atoms with E-state index in [0.29, 0.717) is 6.42 Å². The van der Waals surface area contributed by atoms with E-state index >= 15 is 0 Å². The summed E-state index contributed by atoms with van der Waals surface area (Å²) in [5.74, 6) is 0. The Kier molecular flexibility index (Phi) is 9.31. The summed E-state index contributed by atoms with van der Waals surface area (Å²) >= 11 is 0. The van der Waals surface area contributed by atoms with Gasteiger partial charge in [0.2, 0.25) is 0 Å². The van der Waals surface area contributed by atoms with Crippen molar-refractivity contribution >= 4 is 22.8 Å². The van der Waals surface area contributed by atoms with Crippen LogP contribution in [0.5, 0.6) is 0 Å². The second-order valence-electron chi connectivity index (χ2n) is 5.95. The number of anilines is 1. The normalized spacial score (nSPS) is 11.0. The molecule has 0 aliphatic carbocycles. The Morgan fingerprint density at radius 3 is 2.38 bits per heavy atom. The van der Waals surface area contributed by atoms with E-state index in [9.17, 15) is 20.2 Å². The van der Waals surface area contributed by atoms with Crippen molar-refractivity contribution in [2.24, 2.45) is 5.10 Å². The van der Waals surface area contributed by atoms with Crippen LogP contribution in [0.15, 0.2) is 23.3 Å². The molecule has 9 nitrogen and oxygen atoms in total. The van der Waals surface area contributed by atoms with Gasteiger partial charge in [0, 0.05) is 18.2 Å². The van der Waals surface area contributed by atoms with Crippen LogP contribution in [0.1, 0.15) is 58.3 Å². The van der Waals surface area contributed by atoms with Gasteiger partial charge in [0.15, 0.2) is 0 Å². The van der Waals surface area contributed by atoms with Gasteiger partial charge in [-0.3, -0.25) is 25.7 Å². The van der Waals surface area contributed by atoms with E-state index in [-0.39, 0.29) is 17.1 Å². The Labute approximate surface area is 152 Å². The lowest BCUT2D eigenvalue weighted by Crippen LogP contribution is -2.01. The molecule has 0 heterocycles. The standard InChI is InChI=1S/C17H23N5O4/c1-14(9-7-5-3-2-4-6-8-12-18)19-20-16-11-10-15(21(23)24)13-17(16)22(25)26/h10-11,13,20H,2-9H2,1H3. The largest absolute Gasteiger partial charge is 0.301 e. The maximum Gasteiger partial charge on any atom is 0.301 e. The quantitative estimate of drug-likeness (QED) is 0.242. The first-order valence-electron chi connectivity index (χ1n) is 8.54. The fraction of sp³-hybridized carbons (Fsp3) is 0.529. The number of benzene rings is 1. The molecule has 0 amide bonds. The highest BCUT2D eigenvalue weighted by molar-refractivity contribution is 5.83. The minimum absolute atomic E-state index is 0.123. The summed E-state index contributed by atoms with van der Waals surface area (Å²) in [5, 5.41) is 34.4. The van der Waals surface area contributed by atoms with Gasteiger partial charge < -0.3 is 0 Å². The number of hydrogen-bond acceptors (Lipinski definition) is 7. The highest BCUT2D eigenvalue weighted by Gasteiger charge is 2.19. The van der Waals surface area contributed by atoms with Crippen LogP contribution in [-0.2, 0) is 0 Å². The molecule has 0 spiro atoms. The summed E-state index contributed by atoms with van der Waals surface area (Å²) < 4.78 is 0. The molecule has 1 N–H and O–H groups in total. The molecular weight excluding hydrogens is 338 g/mol. The van der Waals surface area contributed by atoms with Crippen LogP contribution < -0.4 is 5.43 Å². The van der Waals surface area contributed by atoms with Gasteiger partial charge in [-0.25, -0.2) is 0 Å². The van der Waals surface area contributed by atoms with Crippen LogP contribution in [0, 0.1) is 31.6 Å². The summed E-state index contributed by atoms with van der Waals surface area (Å²) in [6.07, 6.45) is 7.68. The second kappa shape index (κ2) is 11.5. The van der Waals surface area contributed by atoms with Gasteiger partial charge in [-0.15, -0.1) is 0 Å². The highest BCUT2D eigenvalue weighted by Crippen LogP contribution is 2.28. The van der Waals surface area contributed by atoms with Gasteiger partial charge in [0.25, 0.3) is 5.69 Å². The number of unbranched alkanes of at least 4 members (excludes halogenated alkanes) is 6. The Bertz CT molecular complexity index is 697. The predicted octanol–water partition coefficient (Wildman–Crippen LogP) is 4.94. The lowest BCUT2D eigenvalue weighted by molar-refractivity contribution is -0.393. The number of non-ortho nitro benzene ring substituents is 1. The number of nitro benzene ring substituents is 2. The molecule has 1 aromatic carbocycles. The minimum Gasteiger partial charge on any atom is -0.272 e. The molecule has 0 atom stereocenters. The Hall–Kier alpha value is -3.02. The summed E-state index contributed by atoms with van der Waals surface area (Å²) in [4.78, 5) is 20.4. The number of nitrogens with one attached hydrogen (secondary N) is 1. The van der Waals surface area contributed by atoms with Crippen molar-refractivity contribution in [3.05, 3.63) is 38.4 Å². The molecule has 0 aliphatic heterocycles. The number of rotatable bonds is 12.